The summed E-state index contributed by atoms with van der Waals surface area (Å²) in [6.07, 6.45) is 4.35. The molecule has 1 heterocycles. The largest absolute Gasteiger partial charge is 0.377 e. The Hall–Kier alpha value is 0.270. The van der Waals surface area contributed by atoms with Crippen molar-refractivity contribution in [2.75, 3.05) is 25.4 Å². The Kier molecular flexibility index (Phi) is 7.50. The molecule has 0 aromatic heterocycles. The van der Waals surface area contributed by atoms with Gasteiger partial charge in [-0.2, -0.15) is 11.8 Å². The van der Waals surface area contributed by atoms with Gasteiger partial charge in [0.05, 0.1) is 6.10 Å². The topological polar surface area (TPSA) is 21.3 Å². The van der Waals surface area contributed by atoms with Crippen LogP contribution in [0.1, 0.15) is 40.0 Å². The molecule has 1 N–H and O–H groups in total. The van der Waals surface area contributed by atoms with Gasteiger partial charge in [-0.1, -0.05) is 13.8 Å². The number of ether oxygens (including phenoxy) is 1. The van der Waals surface area contributed by atoms with Crippen LogP contribution in [0.3, 0.4) is 0 Å². The molecule has 0 aromatic carbocycles. The Morgan fingerprint density at radius 2 is 2.19 bits per heavy atom. The van der Waals surface area contributed by atoms with Gasteiger partial charge in [-0.15, -0.1) is 0 Å². The van der Waals surface area contributed by atoms with E-state index in [0.717, 1.165) is 24.3 Å². The summed E-state index contributed by atoms with van der Waals surface area (Å²) in [6, 6.07) is 0. The molecule has 2 unspecified atom stereocenters. The van der Waals surface area contributed by atoms with Gasteiger partial charge in [0.2, 0.25) is 0 Å². The lowest BCUT2D eigenvalue weighted by Gasteiger charge is -2.13. The Labute approximate surface area is 105 Å². The highest BCUT2D eigenvalue weighted by Gasteiger charge is 2.23. The van der Waals surface area contributed by atoms with Gasteiger partial charge in [0, 0.05) is 24.2 Å². The molecular weight excluding hydrogens is 218 g/mol. The summed E-state index contributed by atoms with van der Waals surface area (Å²) < 4.78 is 5.55. The van der Waals surface area contributed by atoms with Gasteiger partial charge in [0.25, 0.3) is 0 Å². The highest BCUT2D eigenvalue weighted by atomic mass is 32.2. The van der Waals surface area contributed by atoms with Gasteiger partial charge in [0.15, 0.2) is 0 Å². The number of hydrogen-bond acceptors (Lipinski definition) is 3. The first-order valence-electron chi connectivity index (χ1n) is 6.64. The highest BCUT2D eigenvalue weighted by molar-refractivity contribution is 8.00. The van der Waals surface area contributed by atoms with Crippen LogP contribution >= 0.6 is 11.8 Å². The minimum Gasteiger partial charge on any atom is -0.377 e. The second kappa shape index (κ2) is 8.37. The van der Waals surface area contributed by atoms with Crippen LogP contribution in [0.15, 0.2) is 0 Å². The number of rotatable bonds is 8. The van der Waals surface area contributed by atoms with Crippen molar-refractivity contribution >= 4 is 11.8 Å². The molecule has 0 spiro atoms. The van der Waals surface area contributed by atoms with Crippen molar-refractivity contribution in [2.24, 2.45) is 5.92 Å². The van der Waals surface area contributed by atoms with Gasteiger partial charge >= 0.3 is 0 Å². The van der Waals surface area contributed by atoms with E-state index in [2.05, 4.69) is 37.8 Å². The molecule has 1 saturated heterocycles. The van der Waals surface area contributed by atoms with Crippen LogP contribution < -0.4 is 5.32 Å². The number of hydrogen-bond donors (Lipinski definition) is 1. The fraction of sp³-hybridized carbons (Fsp3) is 1.00. The third-order valence-electron chi connectivity index (χ3n) is 3.05. The standard InChI is InChI=1S/C13H27NOS/c1-11(2)5-4-7-14-8-10-16-13-6-9-15-12(13)3/h11-14H,4-10H2,1-3H3. The summed E-state index contributed by atoms with van der Waals surface area (Å²) in [4.78, 5) is 0. The third kappa shape index (κ3) is 6.12. The first kappa shape index (κ1) is 14.3. The Morgan fingerprint density at radius 1 is 1.38 bits per heavy atom. The molecule has 0 amide bonds. The van der Waals surface area contributed by atoms with E-state index in [4.69, 9.17) is 4.74 Å². The van der Waals surface area contributed by atoms with Crippen LogP contribution in [-0.2, 0) is 4.74 Å². The van der Waals surface area contributed by atoms with Crippen LogP contribution in [0.4, 0.5) is 0 Å². The molecule has 3 heteroatoms. The summed E-state index contributed by atoms with van der Waals surface area (Å²) in [5.74, 6) is 2.06. The molecule has 0 aromatic rings. The Morgan fingerprint density at radius 3 is 2.81 bits per heavy atom. The predicted octanol–water partition coefficient (Wildman–Crippen LogP) is 2.92. The van der Waals surface area contributed by atoms with Gasteiger partial charge in [-0.25, -0.2) is 0 Å². The third-order valence-corrected chi connectivity index (χ3v) is 4.54. The minimum atomic E-state index is 0.464. The monoisotopic (exact) mass is 245 g/mol. The molecule has 2 nitrogen and oxygen atoms in total. The van der Waals surface area contributed by atoms with Gasteiger partial charge in [-0.3, -0.25) is 0 Å². The zero-order valence-corrected chi connectivity index (χ0v) is 11.8. The van der Waals surface area contributed by atoms with Gasteiger partial charge in [-0.05, 0) is 38.6 Å². The highest BCUT2D eigenvalue weighted by Crippen LogP contribution is 2.25. The molecule has 2 atom stereocenters. The van der Waals surface area contributed by atoms with Crippen molar-refractivity contribution in [3.05, 3.63) is 0 Å². The molecule has 1 aliphatic heterocycles. The lowest BCUT2D eigenvalue weighted by atomic mass is 10.1. The van der Waals surface area contributed by atoms with E-state index in [-0.39, 0.29) is 0 Å². The second-order valence-corrected chi connectivity index (χ2v) is 6.41. The molecule has 16 heavy (non-hydrogen) atoms. The van der Waals surface area contributed by atoms with Crippen LogP contribution in [0.25, 0.3) is 0 Å². The van der Waals surface area contributed by atoms with Crippen LogP contribution in [0.5, 0.6) is 0 Å². The van der Waals surface area contributed by atoms with E-state index in [0.29, 0.717) is 6.10 Å². The summed E-state index contributed by atoms with van der Waals surface area (Å²) in [6.45, 7) is 10.1. The molecular formula is C13H27NOS. The number of nitrogens with one attached hydrogen (secondary N) is 1. The summed E-state index contributed by atoms with van der Waals surface area (Å²) in [5.41, 5.74) is 0. The van der Waals surface area contributed by atoms with E-state index in [1.165, 1.54) is 31.6 Å². The zero-order valence-electron chi connectivity index (χ0n) is 11.0. The second-order valence-electron chi connectivity index (χ2n) is 5.06. The van der Waals surface area contributed by atoms with Crippen molar-refractivity contribution in [1.29, 1.82) is 0 Å². The van der Waals surface area contributed by atoms with E-state index in [1.807, 2.05) is 0 Å². The van der Waals surface area contributed by atoms with Crippen LogP contribution in [0, 0.1) is 5.92 Å². The van der Waals surface area contributed by atoms with E-state index >= 15 is 0 Å². The van der Waals surface area contributed by atoms with Crippen molar-refractivity contribution in [2.45, 2.75) is 51.4 Å². The Balaban J connectivity index is 1.84. The van der Waals surface area contributed by atoms with E-state index < -0.39 is 0 Å². The molecule has 1 fully saturated rings. The maximum atomic E-state index is 5.55. The molecule has 0 radical (unpaired) electrons. The SMILES string of the molecule is CC(C)CCCNCCSC1CCOC1C. The van der Waals surface area contributed by atoms with Crippen molar-refractivity contribution in [3.63, 3.8) is 0 Å². The molecule has 0 aliphatic carbocycles. The summed E-state index contributed by atoms with van der Waals surface area (Å²) in [5, 5.41) is 4.25. The molecule has 0 bridgehead atoms. The summed E-state index contributed by atoms with van der Waals surface area (Å²) in [7, 11) is 0. The van der Waals surface area contributed by atoms with Gasteiger partial charge in [0.1, 0.15) is 0 Å². The molecule has 96 valence electrons. The Bertz CT molecular complexity index is 175. The predicted molar refractivity (Wildman–Crippen MR) is 73.2 cm³/mol. The quantitative estimate of drug-likeness (QED) is 0.664. The van der Waals surface area contributed by atoms with E-state index in [9.17, 15) is 0 Å². The number of thioether (sulfide) groups is 1. The maximum absolute atomic E-state index is 5.55. The normalized spacial score (nSPS) is 25.5. The van der Waals surface area contributed by atoms with Crippen molar-refractivity contribution in [1.82, 2.24) is 5.32 Å². The van der Waals surface area contributed by atoms with Crippen LogP contribution in [-0.4, -0.2) is 36.8 Å². The minimum absolute atomic E-state index is 0.464. The van der Waals surface area contributed by atoms with E-state index in [1.54, 1.807) is 0 Å². The molecule has 1 rings (SSSR count). The smallest absolute Gasteiger partial charge is 0.0666 e. The fourth-order valence-electron chi connectivity index (χ4n) is 1.97. The average Bonchev–Trinajstić information content (AvgIpc) is 2.62. The fourth-order valence-corrected chi connectivity index (χ4v) is 3.15. The first-order chi connectivity index (χ1) is 7.70. The zero-order chi connectivity index (χ0) is 11.8. The lowest BCUT2D eigenvalue weighted by Crippen LogP contribution is -2.21. The lowest BCUT2D eigenvalue weighted by molar-refractivity contribution is 0.127. The summed E-state index contributed by atoms with van der Waals surface area (Å²) >= 11 is 2.07. The van der Waals surface area contributed by atoms with Crippen molar-refractivity contribution in [3.8, 4) is 0 Å². The molecule has 1 aliphatic rings. The van der Waals surface area contributed by atoms with Gasteiger partial charge < -0.3 is 10.1 Å². The first-order valence-corrected chi connectivity index (χ1v) is 7.69. The molecule has 0 saturated carbocycles. The average molecular weight is 245 g/mol. The maximum Gasteiger partial charge on any atom is 0.0666 e. The van der Waals surface area contributed by atoms with Crippen LogP contribution in [0.2, 0.25) is 0 Å². The van der Waals surface area contributed by atoms with Crippen molar-refractivity contribution < 1.29 is 4.74 Å².